The van der Waals surface area contributed by atoms with Crippen molar-refractivity contribution in [2.45, 2.75) is 6.92 Å². The predicted octanol–water partition coefficient (Wildman–Crippen LogP) is 5.24. The second-order valence-electron chi connectivity index (χ2n) is 6.46. The molecule has 0 radical (unpaired) electrons. The van der Waals surface area contributed by atoms with Gasteiger partial charge in [0.15, 0.2) is 10.1 Å². The first-order valence-electron chi connectivity index (χ1n) is 8.92. The van der Waals surface area contributed by atoms with Gasteiger partial charge in [-0.15, -0.1) is 0 Å². The first-order chi connectivity index (χ1) is 14.1. The fourth-order valence-electron chi connectivity index (χ4n) is 3.14. The minimum absolute atomic E-state index is 0.164. The quantitative estimate of drug-likeness (QED) is 0.432. The van der Waals surface area contributed by atoms with Crippen LogP contribution < -0.4 is 10.1 Å². The van der Waals surface area contributed by atoms with Gasteiger partial charge in [-0.1, -0.05) is 34.8 Å². The normalized spacial score (nSPS) is 11.2. The van der Waals surface area contributed by atoms with Crippen molar-refractivity contribution in [2.75, 3.05) is 12.4 Å². The zero-order chi connectivity index (χ0) is 20.0. The number of ether oxygens (including phenoxy) is 1. The van der Waals surface area contributed by atoms with E-state index in [1.54, 1.807) is 7.11 Å². The van der Waals surface area contributed by atoms with Crippen LogP contribution in [0, 0.1) is 6.92 Å². The summed E-state index contributed by atoms with van der Waals surface area (Å²) in [6, 6.07) is 15.6. The third-order valence-corrected chi connectivity index (χ3v) is 6.77. The van der Waals surface area contributed by atoms with Gasteiger partial charge in [0, 0.05) is 17.5 Å². The molecule has 0 spiro atoms. The van der Waals surface area contributed by atoms with Crippen LogP contribution >= 0.6 is 22.7 Å². The fraction of sp³-hybridized carbons (Fsp3) is 0.0952. The number of amides is 1. The van der Waals surface area contributed by atoms with Crippen LogP contribution in [-0.4, -0.2) is 27.4 Å². The van der Waals surface area contributed by atoms with Gasteiger partial charge < -0.3 is 4.74 Å². The van der Waals surface area contributed by atoms with Crippen molar-refractivity contribution < 1.29 is 9.53 Å². The average Bonchev–Trinajstić information content (AvgIpc) is 3.41. The van der Waals surface area contributed by atoms with Gasteiger partial charge in [-0.3, -0.25) is 14.5 Å². The molecule has 0 aliphatic carbocycles. The molecular formula is C21H16N4O2S2. The SMILES string of the molecule is COc1ccc(-c2cn3c(C)c(C(=O)Nc4nc5ccccc5s4)sc3n2)cc1. The highest BCUT2D eigenvalue weighted by Crippen LogP contribution is 2.30. The summed E-state index contributed by atoms with van der Waals surface area (Å²) in [6.07, 6.45) is 1.96. The smallest absolute Gasteiger partial charge is 0.269 e. The molecule has 29 heavy (non-hydrogen) atoms. The van der Waals surface area contributed by atoms with E-state index in [1.807, 2.05) is 66.1 Å². The molecule has 1 N–H and O–H groups in total. The Labute approximate surface area is 174 Å². The number of thiazole rings is 2. The lowest BCUT2D eigenvalue weighted by Crippen LogP contribution is -2.11. The Balaban J connectivity index is 1.43. The number of imidazole rings is 1. The van der Waals surface area contributed by atoms with Gasteiger partial charge in [-0.25, -0.2) is 9.97 Å². The third-order valence-electron chi connectivity index (χ3n) is 4.66. The zero-order valence-electron chi connectivity index (χ0n) is 15.7. The summed E-state index contributed by atoms with van der Waals surface area (Å²) >= 11 is 2.84. The molecule has 0 saturated heterocycles. The van der Waals surface area contributed by atoms with Crippen molar-refractivity contribution in [2.24, 2.45) is 0 Å². The summed E-state index contributed by atoms with van der Waals surface area (Å²) in [4.78, 5) is 23.4. The molecule has 5 rings (SSSR count). The van der Waals surface area contributed by atoms with Gasteiger partial charge in [0.1, 0.15) is 10.6 Å². The molecule has 0 aliphatic heterocycles. The maximum atomic E-state index is 12.8. The first-order valence-corrected chi connectivity index (χ1v) is 10.6. The van der Waals surface area contributed by atoms with Crippen molar-refractivity contribution >= 4 is 48.9 Å². The molecule has 1 amide bonds. The van der Waals surface area contributed by atoms with Crippen LogP contribution in [0.25, 0.3) is 26.4 Å². The van der Waals surface area contributed by atoms with E-state index < -0.39 is 0 Å². The number of carbonyl (C=O) groups is 1. The number of para-hydroxylation sites is 1. The highest BCUT2D eigenvalue weighted by atomic mass is 32.1. The Morgan fingerprint density at radius 1 is 1.07 bits per heavy atom. The molecule has 144 valence electrons. The number of methoxy groups -OCH3 is 1. The van der Waals surface area contributed by atoms with Crippen LogP contribution in [0.2, 0.25) is 0 Å². The maximum Gasteiger partial charge on any atom is 0.269 e. The molecule has 0 unspecified atom stereocenters. The van der Waals surface area contributed by atoms with Crippen LogP contribution in [0.5, 0.6) is 5.75 Å². The molecule has 3 heterocycles. The summed E-state index contributed by atoms with van der Waals surface area (Å²) in [5, 5.41) is 3.52. The summed E-state index contributed by atoms with van der Waals surface area (Å²) in [7, 11) is 1.64. The Kier molecular flexibility index (Phi) is 4.30. The van der Waals surface area contributed by atoms with Crippen LogP contribution in [0.1, 0.15) is 15.4 Å². The predicted molar refractivity (Wildman–Crippen MR) is 117 cm³/mol. The Morgan fingerprint density at radius 3 is 2.59 bits per heavy atom. The number of anilines is 1. The van der Waals surface area contributed by atoms with Gasteiger partial charge in [-0.05, 0) is 43.3 Å². The standard InChI is InChI=1S/C21H16N4O2S2/c1-12-18(19(26)24-20-22-15-5-3-4-6-17(15)28-20)29-21-23-16(11-25(12)21)13-7-9-14(27-2)10-8-13/h3-11H,1-2H3,(H,22,24,26). The highest BCUT2D eigenvalue weighted by molar-refractivity contribution is 7.22. The second-order valence-corrected chi connectivity index (χ2v) is 8.47. The number of benzene rings is 2. The van der Waals surface area contributed by atoms with Crippen molar-refractivity contribution in [1.82, 2.24) is 14.4 Å². The average molecular weight is 421 g/mol. The Morgan fingerprint density at radius 2 is 1.86 bits per heavy atom. The molecule has 0 aliphatic rings. The number of aromatic nitrogens is 3. The van der Waals surface area contributed by atoms with Crippen molar-refractivity contribution in [3.63, 3.8) is 0 Å². The van der Waals surface area contributed by atoms with Crippen LogP contribution in [0.3, 0.4) is 0 Å². The minimum Gasteiger partial charge on any atom is -0.497 e. The lowest BCUT2D eigenvalue weighted by atomic mass is 10.2. The van der Waals surface area contributed by atoms with Gasteiger partial charge in [0.2, 0.25) is 0 Å². The highest BCUT2D eigenvalue weighted by Gasteiger charge is 2.19. The fourth-order valence-corrected chi connectivity index (χ4v) is 5.01. The Bertz CT molecular complexity index is 1320. The van der Waals surface area contributed by atoms with Gasteiger partial charge >= 0.3 is 0 Å². The lowest BCUT2D eigenvalue weighted by Gasteiger charge is -2.01. The molecule has 0 saturated carbocycles. The number of nitrogens with one attached hydrogen (secondary N) is 1. The summed E-state index contributed by atoms with van der Waals surface area (Å²) < 4.78 is 8.21. The van der Waals surface area contributed by atoms with E-state index in [9.17, 15) is 4.79 Å². The monoisotopic (exact) mass is 420 g/mol. The molecule has 0 atom stereocenters. The molecule has 6 nitrogen and oxygen atoms in total. The van der Waals surface area contributed by atoms with E-state index in [-0.39, 0.29) is 5.91 Å². The van der Waals surface area contributed by atoms with E-state index in [2.05, 4.69) is 10.3 Å². The van der Waals surface area contributed by atoms with Crippen molar-refractivity contribution in [3.8, 4) is 17.0 Å². The van der Waals surface area contributed by atoms with E-state index in [1.165, 1.54) is 22.7 Å². The second kappa shape index (κ2) is 6.98. The number of nitrogens with zero attached hydrogens (tertiary/aromatic N) is 3. The van der Waals surface area contributed by atoms with Gasteiger partial charge in [0.25, 0.3) is 5.91 Å². The molecule has 8 heteroatoms. The van der Waals surface area contributed by atoms with Crippen LogP contribution in [0.15, 0.2) is 54.7 Å². The van der Waals surface area contributed by atoms with Gasteiger partial charge in [-0.2, -0.15) is 0 Å². The molecule has 2 aromatic carbocycles. The lowest BCUT2D eigenvalue weighted by molar-refractivity contribution is 0.102. The number of hydrogen-bond acceptors (Lipinski definition) is 6. The number of fused-ring (bicyclic) bond motifs is 2. The van der Waals surface area contributed by atoms with Gasteiger partial charge in [0.05, 0.1) is 23.0 Å². The summed E-state index contributed by atoms with van der Waals surface area (Å²) in [5.41, 5.74) is 3.60. The van der Waals surface area contributed by atoms with E-state index >= 15 is 0 Å². The maximum absolute atomic E-state index is 12.8. The van der Waals surface area contributed by atoms with Crippen LogP contribution in [-0.2, 0) is 0 Å². The summed E-state index contributed by atoms with van der Waals surface area (Å²) in [5.74, 6) is 0.641. The molecule has 3 aromatic heterocycles. The van der Waals surface area contributed by atoms with E-state index in [0.29, 0.717) is 10.0 Å². The largest absolute Gasteiger partial charge is 0.497 e. The molecule has 0 fully saturated rings. The number of aryl methyl sites for hydroxylation is 1. The van der Waals surface area contributed by atoms with Crippen molar-refractivity contribution in [1.29, 1.82) is 0 Å². The zero-order valence-corrected chi connectivity index (χ0v) is 17.3. The van der Waals surface area contributed by atoms with Crippen molar-refractivity contribution in [3.05, 3.63) is 65.3 Å². The number of carbonyl (C=O) groups excluding carboxylic acids is 1. The third kappa shape index (κ3) is 3.16. The molecule has 0 bridgehead atoms. The van der Waals surface area contributed by atoms with E-state index in [4.69, 9.17) is 9.72 Å². The number of hydrogen-bond donors (Lipinski definition) is 1. The molecule has 5 aromatic rings. The van der Waals surface area contributed by atoms with E-state index in [0.717, 1.165) is 37.9 Å². The molecular weight excluding hydrogens is 404 g/mol. The first kappa shape index (κ1) is 17.8. The minimum atomic E-state index is -0.164. The van der Waals surface area contributed by atoms with Crippen LogP contribution in [0.4, 0.5) is 5.13 Å². The number of rotatable bonds is 4. The summed E-state index contributed by atoms with van der Waals surface area (Å²) in [6.45, 7) is 1.93. The Hall–Kier alpha value is -3.23. The topological polar surface area (TPSA) is 68.5 Å².